The van der Waals surface area contributed by atoms with E-state index in [2.05, 4.69) is 5.10 Å². The summed E-state index contributed by atoms with van der Waals surface area (Å²) >= 11 is 0. The number of amides is 1. The van der Waals surface area contributed by atoms with Gasteiger partial charge in [-0.1, -0.05) is 0 Å². The highest BCUT2D eigenvalue weighted by molar-refractivity contribution is 5.76. The lowest BCUT2D eigenvalue weighted by Crippen LogP contribution is -2.49. The molecule has 0 spiro atoms. The first-order valence-electron chi connectivity index (χ1n) is 7.48. The number of carbonyl (C=O) groups excluding carboxylic acids is 1. The van der Waals surface area contributed by atoms with E-state index in [1.807, 2.05) is 18.7 Å². The van der Waals surface area contributed by atoms with Crippen molar-refractivity contribution < 1.29 is 13.6 Å². The predicted octanol–water partition coefficient (Wildman–Crippen LogP) is 1.89. The van der Waals surface area contributed by atoms with E-state index < -0.39 is 5.76 Å². The summed E-state index contributed by atoms with van der Waals surface area (Å²) in [4.78, 5) is 26.2. The van der Waals surface area contributed by atoms with E-state index in [-0.39, 0.29) is 30.4 Å². The monoisotopic (exact) mass is 305 g/mol. The molecule has 22 heavy (non-hydrogen) atoms. The first kappa shape index (κ1) is 14.6. The average molecular weight is 305 g/mol. The molecule has 0 unspecified atom stereocenters. The normalized spacial score (nSPS) is 22.0. The van der Waals surface area contributed by atoms with E-state index in [0.717, 1.165) is 23.9 Å². The molecule has 1 aliphatic rings. The Morgan fingerprint density at radius 1 is 1.36 bits per heavy atom. The number of rotatable bonds is 3. The number of hydrogen-bond donors (Lipinski definition) is 0. The molecule has 2 aromatic rings. The van der Waals surface area contributed by atoms with Crippen LogP contribution in [0.3, 0.4) is 0 Å². The van der Waals surface area contributed by atoms with Crippen molar-refractivity contribution >= 4 is 5.91 Å². The lowest BCUT2D eigenvalue weighted by atomic mass is 9.97. The standard InChI is InChI=1S/C15H19N3O4/c1-10-4-3-5-11(2)18(10)13(19)8-17-15(20)22-14(16-17)12-6-7-21-9-12/h6-7,9-11H,3-5,8H2,1-2H3/t10-,11-/m0/s1. The highest BCUT2D eigenvalue weighted by Crippen LogP contribution is 2.23. The topological polar surface area (TPSA) is 81.5 Å². The number of carbonyl (C=O) groups is 1. The molecule has 1 amide bonds. The lowest BCUT2D eigenvalue weighted by Gasteiger charge is -2.38. The largest absolute Gasteiger partial charge is 0.472 e. The molecule has 0 aliphatic carbocycles. The van der Waals surface area contributed by atoms with Crippen molar-refractivity contribution in [1.82, 2.24) is 14.7 Å². The first-order chi connectivity index (χ1) is 10.6. The molecule has 0 saturated carbocycles. The van der Waals surface area contributed by atoms with Crippen molar-refractivity contribution in [2.75, 3.05) is 0 Å². The average Bonchev–Trinajstić information content (AvgIpc) is 3.09. The van der Waals surface area contributed by atoms with E-state index in [9.17, 15) is 9.59 Å². The van der Waals surface area contributed by atoms with Gasteiger partial charge in [0.25, 0.3) is 5.89 Å². The minimum Gasteiger partial charge on any atom is -0.472 e. The van der Waals surface area contributed by atoms with Crippen LogP contribution in [0.25, 0.3) is 11.5 Å². The van der Waals surface area contributed by atoms with Gasteiger partial charge in [-0.2, -0.15) is 4.68 Å². The Morgan fingerprint density at radius 3 is 2.73 bits per heavy atom. The van der Waals surface area contributed by atoms with Crippen molar-refractivity contribution in [3.63, 3.8) is 0 Å². The van der Waals surface area contributed by atoms with Gasteiger partial charge >= 0.3 is 5.76 Å². The van der Waals surface area contributed by atoms with Crippen molar-refractivity contribution in [3.05, 3.63) is 29.1 Å². The van der Waals surface area contributed by atoms with Gasteiger partial charge in [-0.15, -0.1) is 5.10 Å². The third-order valence-electron chi connectivity index (χ3n) is 4.14. The Balaban J connectivity index is 1.78. The van der Waals surface area contributed by atoms with Crippen LogP contribution in [0, 0.1) is 0 Å². The maximum absolute atomic E-state index is 12.5. The summed E-state index contributed by atoms with van der Waals surface area (Å²) < 4.78 is 11.1. The van der Waals surface area contributed by atoms with Gasteiger partial charge in [0.15, 0.2) is 0 Å². The van der Waals surface area contributed by atoms with Crippen molar-refractivity contribution in [2.45, 2.75) is 51.7 Å². The summed E-state index contributed by atoms with van der Waals surface area (Å²) in [6, 6.07) is 2.02. The molecule has 1 fully saturated rings. The summed E-state index contributed by atoms with van der Waals surface area (Å²) in [5.74, 6) is -0.581. The zero-order valence-electron chi connectivity index (χ0n) is 12.7. The smallest absolute Gasteiger partial charge is 0.437 e. The molecule has 1 aliphatic heterocycles. The lowest BCUT2D eigenvalue weighted by molar-refractivity contribution is -0.138. The van der Waals surface area contributed by atoms with Gasteiger partial charge in [-0.05, 0) is 39.2 Å². The molecule has 118 valence electrons. The molecular formula is C15H19N3O4. The van der Waals surface area contributed by atoms with E-state index in [0.29, 0.717) is 5.56 Å². The van der Waals surface area contributed by atoms with Gasteiger partial charge in [-0.25, -0.2) is 4.79 Å². The van der Waals surface area contributed by atoms with Crippen LogP contribution in [-0.4, -0.2) is 32.7 Å². The number of likely N-dealkylation sites (tertiary alicyclic amines) is 1. The fraction of sp³-hybridized carbons (Fsp3) is 0.533. The molecule has 1 saturated heterocycles. The number of aromatic nitrogens is 2. The third kappa shape index (κ3) is 2.70. The van der Waals surface area contributed by atoms with Crippen LogP contribution in [0.2, 0.25) is 0 Å². The molecular weight excluding hydrogens is 286 g/mol. The Bertz CT molecular complexity index is 691. The summed E-state index contributed by atoms with van der Waals surface area (Å²) in [6.07, 6.45) is 6.01. The van der Waals surface area contributed by atoms with Crippen LogP contribution in [0.5, 0.6) is 0 Å². The Labute approximate surface area is 127 Å². The fourth-order valence-electron chi connectivity index (χ4n) is 3.03. The van der Waals surface area contributed by atoms with Crippen LogP contribution < -0.4 is 5.76 Å². The van der Waals surface area contributed by atoms with Crippen LogP contribution in [0.4, 0.5) is 0 Å². The quantitative estimate of drug-likeness (QED) is 0.865. The second-order valence-electron chi connectivity index (χ2n) is 5.77. The second kappa shape index (κ2) is 5.82. The van der Waals surface area contributed by atoms with E-state index in [1.54, 1.807) is 6.07 Å². The highest BCUT2D eigenvalue weighted by atomic mass is 16.4. The number of nitrogens with zero attached hydrogens (tertiary/aromatic N) is 3. The van der Waals surface area contributed by atoms with Crippen molar-refractivity contribution in [3.8, 4) is 11.5 Å². The van der Waals surface area contributed by atoms with Gasteiger partial charge in [0, 0.05) is 12.1 Å². The van der Waals surface area contributed by atoms with E-state index in [4.69, 9.17) is 8.83 Å². The molecule has 7 heteroatoms. The van der Waals surface area contributed by atoms with Gasteiger partial charge in [0.05, 0.1) is 11.8 Å². The van der Waals surface area contributed by atoms with Crippen molar-refractivity contribution in [2.24, 2.45) is 0 Å². The fourth-order valence-corrected chi connectivity index (χ4v) is 3.03. The second-order valence-corrected chi connectivity index (χ2v) is 5.77. The minimum atomic E-state index is -0.637. The number of hydrogen-bond acceptors (Lipinski definition) is 5. The number of piperidine rings is 1. The summed E-state index contributed by atoms with van der Waals surface area (Å²) in [7, 11) is 0. The molecule has 3 rings (SSSR count). The van der Waals surface area contributed by atoms with Crippen LogP contribution in [0.1, 0.15) is 33.1 Å². The Hall–Kier alpha value is -2.31. The summed E-state index contributed by atoms with van der Waals surface area (Å²) in [5.41, 5.74) is 0.572. The van der Waals surface area contributed by atoms with Gasteiger partial charge in [0.1, 0.15) is 12.8 Å². The molecule has 7 nitrogen and oxygen atoms in total. The summed E-state index contributed by atoms with van der Waals surface area (Å²) in [5, 5.41) is 4.07. The Morgan fingerprint density at radius 2 is 2.09 bits per heavy atom. The first-order valence-corrected chi connectivity index (χ1v) is 7.48. The van der Waals surface area contributed by atoms with Crippen LogP contribution in [0.15, 0.2) is 32.2 Å². The van der Waals surface area contributed by atoms with Gasteiger partial charge in [-0.3, -0.25) is 4.79 Å². The number of furan rings is 1. The Kier molecular flexibility index (Phi) is 3.87. The SMILES string of the molecule is C[C@H]1CCC[C@H](C)N1C(=O)Cn1nc(-c2ccoc2)oc1=O. The van der Waals surface area contributed by atoms with Gasteiger partial charge in [0.2, 0.25) is 5.91 Å². The van der Waals surface area contributed by atoms with Crippen LogP contribution in [-0.2, 0) is 11.3 Å². The van der Waals surface area contributed by atoms with Crippen molar-refractivity contribution in [1.29, 1.82) is 0 Å². The maximum atomic E-state index is 12.5. The van der Waals surface area contributed by atoms with Crippen LogP contribution >= 0.6 is 0 Å². The zero-order chi connectivity index (χ0) is 15.7. The maximum Gasteiger partial charge on any atom is 0.437 e. The van der Waals surface area contributed by atoms with E-state index in [1.165, 1.54) is 12.5 Å². The summed E-state index contributed by atoms with van der Waals surface area (Å²) in [6.45, 7) is 3.97. The minimum absolute atomic E-state index is 0.102. The molecule has 2 atom stereocenters. The molecule has 2 aromatic heterocycles. The molecule has 0 N–H and O–H groups in total. The zero-order valence-corrected chi connectivity index (χ0v) is 12.7. The highest BCUT2D eigenvalue weighted by Gasteiger charge is 2.29. The third-order valence-corrected chi connectivity index (χ3v) is 4.14. The predicted molar refractivity (Wildman–Crippen MR) is 78.1 cm³/mol. The molecule has 0 radical (unpaired) electrons. The van der Waals surface area contributed by atoms with Gasteiger partial charge < -0.3 is 13.7 Å². The molecule has 0 bridgehead atoms. The molecule has 0 aromatic carbocycles. The van der Waals surface area contributed by atoms with E-state index >= 15 is 0 Å². The molecule has 3 heterocycles.